The van der Waals surface area contributed by atoms with Gasteiger partial charge in [0.25, 0.3) is 0 Å². The van der Waals surface area contributed by atoms with E-state index in [-0.39, 0.29) is 24.2 Å². The van der Waals surface area contributed by atoms with E-state index in [0.29, 0.717) is 30.4 Å². The molecule has 1 saturated heterocycles. The molecule has 2 N–H and O–H groups in total. The zero-order chi connectivity index (χ0) is 22.4. The van der Waals surface area contributed by atoms with Gasteiger partial charge in [-0.3, -0.25) is 0 Å². The summed E-state index contributed by atoms with van der Waals surface area (Å²) in [7, 11) is 0.00796. The molecule has 9 nitrogen and oxygen atoms in total. The van der Waals surface area contributed by atoms with Crippen molar-refractivity contribution in [2.45, 2.75) is 17.9 Å². The second kappa shape index (κ2) is 10.3. The minimum Gasteiger partial charge on any atom is -0.493 e. The lowest BCUT2D eigenvalue weighted by Crippen LogP contribution is -2.47. The third-order valence-corrected chi connectivity index (χ3v) is 7.12. The Bertz CT molecular complexity index is 960. The van der Waals surface area contributed by atoms with Crippen LogP contribution in [0, 0.1) is 0 Å². The van der Waals surface area contributed by atoms with Gasteiger partial charge in [-0.1, -0.05) is 6.07 Å². The highest BCUT2D eigenvalue weighted by molar-refractivity contribution is 7.89. The van der Waals surface area contributed by atoms with Crippen LogP contribution in [0.4, 0.5) is 5.82 Å². The number of benzene rings is 1. The summed E-state index contributed by atoms with van der Waals surface area (Å²) in [4.78, 5) is 6.62. The number of anilines is 1. The van der Waals surface area contributed by atoms with Crippen LogP contribution < -0.4 is 14.8 Å². The Morgan fingerprint density at radius 3 is 2.52 bits per heavy atom. The average molecular weight is 451 g/mol. The first-order chi connectivity index (χ1) is 14.8. The number of likely N-dealkylation sites (N-methyl/N-ethyl adjacent to an activating group) is 1. The normalized spacial score (nSPS) is 16.6. The number of aliphatic hydroxyl groups excluding tert-OH is 1. The fourth-order valence-corrected chi connectivity index (χ4v) is 4.70. The Morgan fingerprint density at radius 1 is 1.16 bits per heavy atom. The van der Waals surface area contributed by atoms with Crippen LogP contribution in [-0.4, -0.2) is 81.3 Å². The fraction of sp³-hybridized carbons (Fsp3) is 0.476. The molecule has 1 aliphatic rings. The number of ether oxygens (including phenoxy) is 2. The molecule has 170 valence electrons. The highest BCUT2D eigenvalue weighted by Crippen LogP contribution is 2.31. The lowest BCUT2D eigenvalue weighted by Gasteiger charge is -2.31. The van der Waals surface area contributed by atoms with Crippen molar-refractivity contribution in [3.63, 3.8) is 0 Å². The van der Waals surface area contributed by atoms with Crippen LogP contribution in [0.3, 0.4) is 0 Å². The van der Waals surface area contributed by atoms with E-state index in [2.05, 4.69) is 15.2 Å². The van der Waals surface area contributed by atoms with Gasteiger partial charge in [0.05, 0.1) is 19.8 Å². The second-order valence-corrected chi connectivity index (χ2v) is 9.37. The number of pyridine rings is 1. The molecule has 1 aromatic carbocycles. The van der Waals surface area contributed by atoms with Crippen LogP contribution >= 0.6 is 0 Å². The van der Waals surface area contributed by atoms with Crippen LogP contribution in [-0.2, 0) is 10.0 Å². The lowest BCUT2D eigenvalue weighted by atomic mass is 10.1. The minimum atomic E-state index is -3.54. The summed E-state index contributed by atoms with van der Waals surface area (Å²) in [6.07, 6.45) is 1.40. The second-order valence-electron chi connectivity index (χ2n) is 7.43. The summed E-state index contributed by atoms with van der Waals surface area (Å²) in [6, 6.07) is 8.71. The van der Waals surface area contributed by atoms with Crippen LogP contribution in [0.5, 0.6) is 11.5 Å². The molecule has 1 atom stereocenters. The molecule has 0 radical (unpaired) electrons. The number of hydrogen-bond donors (Lipinski definition) is 2. The van der Waals surface area contributed by atoms with Gasteiger partial charge < -0.3 is 24.8 Å². The Labute approximate surface area is 183 Å². The van der Waals surface area contributed by atoms with Crippen LogP contribution in [0.1, 0.15) is 18.5 Å². The van der Waals surface area contributed by atoms with Crippen LogP contribution in [0.2, 0.25) is 0 Å². The van der Waals surface area contributed by atoms with E-state index in [4.69, 9.17) is 14.6 Å². The third-order valence-electron chi connectivity index (χ3n) is 5.24. The SMILES string of the molecule is COc1cc(C(C)Nc2ccc(S(=O)(=O)N3CCN(C)CC3)cn2)ccc1OCCO. The van der Waals surface area contributed by atoms with Crippen molar-refractivity contribution in [3.8, 4) is 11.5 Å². The van der Waals surface area contributed by atoms with E-state index in [1.807, 2.05) is 26.1 Å². The van der Waals surface area contributed by atoms with E-state index < -0.39 is 10.0 Å². The van der Waals surface area contributed by atoms with Crippen LogP contribution in [0.15, 0.2) is 41.4 Å². The summed E-state index contributed by atoms with van der Waals surface area (Å²) < 4.78 is 38.0. The number of aliphatic hydroxyl groups is 1. The maximum absolute atomic E-state index is 12.8. The van der Waals surface area contributed by atoms with Crippen molar-refractivity contribution in [1.29, 1.82) is 0 Å². The van der Waals surface area contributed by atoms with E-state index in [1.54, 1.807) is 25.3 Å². The summed E-state index contributed by atoms with van der Waals surface area (Å²) in [5.41, 5.74) is 0.948. The number of aromatic nitrogens is 1. The van der Waals surface area contributed by atoms with Gasteiger partial charge in [-0.25, -0.2) is 13.4 Å². The first-order valence-corrected chi connectivity index (χ1v) is 11.6. The number of methoxy groups -OCH3 is 1. The first-order valence-electron chi connectivity index (χ1n) is 10.2. The summed E-state index contributed by atoms with van der Waals surface area (Å²) in [5, 5.41) is 12.2. The van der Waals surface area contributed by atoms with Crippen molar-refractivity contribution in [1.82, 2.24) is 14.2 Å². The van der Waals surface area contributed by atoms with E-state index in [1.165, 1.54) is 10.5 Å². The molecular weight excluding hydrogens is 420 g/mol. The molecule has 1 aromatic heterocycles. The van der Waals surface area contributed by atoms with Crippen molar-refractivity contribution < 1.29 is 23.0 Å². The predicted molar refractivity (Wildman–Crippen MR) is 118 cm³/mol. The number of hydrogen-bond acceptors (Lipinski definition) is 8. The smallest absolute Gasteiger partial charge is 0.244 e. The van der Waals surface area contributed by atoms with Crippen molar-refractivity contribution in [2.75, 3.05) is 58.9 Å². The molecule has 1 fully saturated rings. The molecule has 1 aliphatic heterocycles. The Hall–Kier alpha value is -2.40. The van der Waals surface area contributed by atoms with Crippen LogP contribution in [0.25, 0.3) is 0 Å². The molecule has 0 saturated carbocycles. The molecule has 0 amide bonds. The van der Waals surface area contributed by atoms with E-state index in [0.717, 1.165) is 18.7 Å². The van der Waals surface area contributed by atoms with Crippen molar-refractivity contribution in [2.24, 2.45) is 0 Å². The monoisotopic (exact) mass is 450 g/mol. The van der Waals surface area contributed by atoms with Gasteiger partial charge in [0.15, 0.2) is 11.5 Å². The van der Waals surface area contributed by atoms with E-state index in [9.17, 15) is 8.42 Å². The van der Waals surface area contributed by atoms with Crippen molar-refractivity contribution >= 4 is 15.8 Å². The van der Waals surface area contributed by atoms with Gasteiger partial charge in [0.1, 0.15) is 17.3 Å². The Morgan fingerprint density at radius 2 is 1.90 bits per heavy atom. The maximum atomic E-state index is 12.8. The van der Waals surface area contributed by atoms with Gasteiger partial charge in [-0.15, -0.1) is 0 Å². The number of sulfonamides is 1. The zero-order valence-corrected chi connectivity index (χ0v) is 18.9. The zero-order valence-electron chi connectivity index (χ0n) is 18.1. The summed E-state index contributed by atoms with van der Waals surface area (Å²) in [6.45, 7) is 4.49. The minimum absolute atomic E-state index is 0.0743. The Kier molecular flexibility index (Phi) is 7.71. The molecule has 0 bridgehead atoms. The maximum Gasteiger partial charge on any atom is 0.244 e. The van der Waals surface area contributed by atoms with Gasteiger partial charge >= 0.3 is 0 Å². The molecule has 2 heterocycles. The number of nitrogens with one attached hydrogen (secondary N) is 1. The number of nitrogens with zero attached hydrogens (tertiary/aromatic N) is 3. The van der Waals surface area contributed by atoms with Gasteiger partial charge in [0, 0.05) is 32.4 Å². The molecule has 0 spiro atoms. The fourth-order valence-electron chi connectivity index (χ4n) is 3.33. The van der Waals surface area contributed by atoms with Gasteiger partial charge in [0.2, 0.25) is 10.0 Å². The van der Waals surface area contributed by atoms with Gasteiger partial charge in [-0.05, 0) is 43.8 Å². The number of piperazine rings is 1. The molecule has 3 rings (SSSR count). The highest BCUT2D eigenvalue weighted by atomic mass is 32.2. The molecule has 31 heavy (non-hydrogen) atoms. The van der Waals surface area contributed by atoms with Gasteiger partial charge in [-0.2, -0.15) is 4.31 Å². The first kappa shape index (κ1) is 23.3. The largest absolute Gasteiger partial charge is 0.493 e. The van der Waals surface area contributed by atoms with Crippen molar-refractivity contribution in [3.05, 3.63) is 42.1 Å². The number of rotatable bonds is 9. The highest BCUT2D eigenvalue weighted by Gasteiger charge is 2.27. The Balaban J connectivity index is 1.68. The summed E-state index contributed by atoms with van der Waals surface area (Å²) in [5.74, 6) is 1.70. The molecular formula is C21H30N4O5S. The third kappa shape index (κ3) is 5.65. The average Bonchev–Trinajstić information content (AvgIpc) is 2.78. The molecule has 0 aliphatic carbocycles. The molecule has 2 aromatic rings. The lowest BCUT2D eigenvalue weighted by molar-refractivity contribution is 0.196. The summed E-state index contributed by atoms with van der Waals surface area (Å²) >= 11 is 0. The quantitative estimate of drug-likeness (QED) is 0.593. The topological polar surface area (TPSA) is 104 Å². The standard InChI is InChI=1S/C21H30N4O5S/c1-16(17-4-6-19(30-13-12-26)20(14-17)29-3)23-21-7-5-18(15-22-21)31(27,28)25-10-8-24(2)9-11-25/h4-7,14-16,26H,8-13H2,1-3H3,(H,22,23). The molecule has 10 heteroatoms. The predicted octanol–water partition coefficient (Wildman–Crippen LogP) is 1.57. The molecule has 1 unspecified atom stereocenters. The van der Waals surface area contributed by atoms with E-state index >= 15 is 0 Å².